The van der Waals surface area contributed by atoms with Crippen LogP contribution >= 0.6 is 0 Å². The predicted octanol–water partition coefficient (Wildman–Crippen LogP) is 4.06. The summed E-state index contributed by atoms with van der Waals surface area (Å²) in [7, 11) is 3.18. The van der Waals surface area contributed by atoms with Crippen LogP contribution in [0.15, 0.2) is 54.7 Å². The molecule has 3 N–H and O–H groups in total. The van der Waals surface area contributed by atoms with Crippen molar-refractivity contribution < 1.29 is 14.1 Å². The first kappa shape index (κ1) is 24.2. The molecule has 1 aliphatic heterocycles. The summed E-state index contributed by atoms with van der Waals surface area (Å²) in [5, 5.41) is 9.09. The third-order valence-corrected chi connectivity index (χ3v) is 6.94. The number of methoxy groups -OCH3 is 1. The zero-order valence-corrected chi connectivity index (χ0v) is 20.3. The molecule has 180 valence electrons. The first-order chi connectivity index (χ1) is 17.0. The number of para-hydroxylation sites is 1. The van der Waals surface area contributed by atoms with E-state index in [1.165, 1.54) is 6.20 Å². The van der Waals surface area contributed by atoms with Crippen molar-refractivity contribution in [2.75, 3.05) is 54.3 Å². The highest BCUT2D eigenvalue weighted by atomic mass is 32.2. The maximum atomic E-state index is 12.2. The molecule has 4 rings (SSSR count). The van der Waals surface area contributed by atoms with Gasteiger partial charge < -0.3 is 30.1 Å². The predicted molar refractivity (Wildman–Crippen MR) is 140 cm³/mol. The van der Waals surface area contributed by atoms with E-state index >= 15 is 0 Å². The number of ether oxygens (including phenoxy) is 1. The summed E-state index contributed by atoms with van der Waals surface area (Å²) in [4.78, 5) is 22.4. The van der Waals surface area contributed by atoms with Crippen molar-refractivity contribution in [3.05, 3.63) is 71.7 Å². The van der Waals surface area contributed by atoms with E-state index in [1.54, 1.807) is 38.4 Å². The molecule has 0 aliphatic carbocycles. The number of hydrogen-bond donors (Lipinski definition) is 3. The van der Waals surface area contributed by atoms with Crippen LogP contribution in [0.3, 0.4) is 0 Å². The van der Waals surface area contributed by atoms with Crippen LogP contribution in [0.25, 0.3) is 4.85 Å². The van der Waals surface area contributed by atoms with Crippen LogP contribution in [0, 0.1) is 6.57 Å². The maximum Gasteiger partial charge on any atom is 0.253 e. The first-order valence-electron chi connectivity index (χ1n) is 11.0. The van der Waals surface area contributed by atoms with Crippen LogP contribution < -0.4 is 25.6 Å². The molecular formula is C25H26N6O3S. The van der Waals surface area contributed by atoms with E-state index in [1.807, 2.05) is 24.3 Å². The molecule has 0 atom stereocenters. The topological polar surface area (TPSA) is 106 Å². The molecule has 1 aliphatic rings. The van der Waals surface area contributed by atoms with Gasteiger partial charge in [0.25, 0.3) is 5.91 Å². The average Bonchev–Trinajstić information content (AvgIpc) is 2.89. The Balaban J connectivity index is 1.59. The third kappa shape index (κ3) is 5.59. The Bertz CT molecular complexity index is 1250. The summed E-state index contributed by atoms with van der Waals surface area (Å²) in [6, 6.07) is 14.7. The lowest BCUT2D eigenvalue weighted by atomic mass is 10.1. The van der Waals surface area contributed by atoms with E-state index in [-0.39, 0.29) is 5.91 Å². The Morgan fingerprint density at radius 1 is 1.11 bits per heavy atom. The standard InChI is InChI=1S/C25H26N6O3S/c1-26-22-16-28-24(15-21(22)29-19-7-5-4-6-18(19)25(32)27-2)30-20-9-8-17(14-23(20)34-3)31-10-12-35(33)13-11-31/h4-9,14-16H,10-13H2,2-3H3,(H,27,32)(H2,28,29,30). The second-order valence-electron chi connectivity index (χ2n) is 7.79. The monoisotopic (exact) mass is 490 g/mol. The maximum absolute atomic E-state index is 12.2. The van der Waals surface area contributed by atoms with Crippen LogP contribution in [0.4, 0.5) is 34.3 Å². The van der Waals surface area contributed by atoms with Crippen LogP contribution in [0.1, 0.15) is 10.4 Å². The van der Waals surface area contributed by atoms with E-state index in [0.29, 0.717) is 45.7 Å². The number of rotatable bonds is 7. The fraction of sp³-hybridized carbons (Fsp3) is 0.240. The summed E-state index contributed by atoms with van der Waals surface area (Å²) in [5.41, 5.74) is 3.62. The highest BCUT2D eigenvalue weighted by molar-refractivity contribution is 7.91. The zero-order valence-electron chi connectivity index (χ0n) is 19.5. The number of nitrogens with zero attached hydrogens (tertiary/aromatic N) is 3. The van der Waals surface area contributed by atoms with Crippen molar-refractivity contribution in [3.63, 3.8) is 0 Å². The van der Waals surface area contributed by atoms with Gasteiger partial charge in [0.05, 0.1) is 43.7 Å². The van der Waals surface area contributed by atoms with Gasteiger partial charge in [0.2, 0.25) is 5.69 Å². The van der Waals surface area contributed by atoms with Gasteiger partial charge in [0.15, 0.2) is 0 Å². The minimum absolute atomic E-state index is 0.227. The molecule has 1 saturated heterocycles. The van der Waals surface area contributed by atoms with Crippen LogP contribution in [0.5, 0.6) is 5.75 Å². The Morgan fingerprint density at radius 3 is 2.60 bits per heavy atom. The SMILES string of the molecule is [C-]#[N+]c1cnc(Nc2ccc(N3CC[S+]([O-])CC3)cc2OC)cc1Nc1ccccc1C(=O)NC. The van der Waals surface area contributed by atoms with Crippen molar-refractivity contribution in [2.24, 2.45) is 0 Å². The van der Waals surface area contributed by atoms with Crippen LogP contribution in [0.2, 0.25) is 0 Å². The van der Waals surface area contributed by atoms with Gasteiger partial charge in [-0.15, -0.1) is 0 Å². The molecule has 0 saturated carbocycles. The van der Waals surface area contributed by atoms with Crippen LogP contribution in [-0.4, -0.2) is 54.2 Å². The normalized spacial score (nSPS) is 13.6. The zero-order chi connectivity index (χ0) is 24.8. The summed E-state index contributed by atoms with van der Waals surface area (Å²) in [5.74, 6) is 2.26. The summed E-state index contributed by atoms with van der Waals surface area (Å²) >= 11 is -0.740. The van der Waals surface area contributed by atoms with Gasteiger partial charge in [-0.2, -0.15) is 0 Å². The number of amides is 1. The van der Waals surface area contributed by atoms with Gasteiger partial charge in [0, 0.05) is 30.7 Å². The first-order valence-corrected chi connectivity index (χ1v) is 12.5. The molecule has 2 heterocycles. The van der Waals surface area contributed by atoms with Crippen molar-refractivity contribution in [1.82, 2.24) is 10.3 Å². The fourth-order valence-electron chi connectivity index (χ4n) is 3.79. The van der Waals surface area contributed by atoms with Crippen LogP contribution in [-0.2, 0) is 11.2 Å². The molecular weight excluding hydrogens is 464 g/mol. The summed E-state index contributed by atoms with van der Waals surface area (Å²) in [6.45, 7) is 9.00. The minimum Gasteiger partial charge on any atom is -0.616 e. The Kier molecular flexibility index (Phi) is 7.60. The molecule has 35 heavy (non-hydrogen) atoms. The average molecular weight is 491 g/mol. The lowest BCUT2D eigenvalue weighted by Gasteiger charge is -2.30. The second kappa shape index (κ2) is 11.0. The van der Waals surface area contributed by atoms with Crippen molar-refractivity contribution in [3.8, 4) is 5.75 Å². The lowest BCUT2D eigenvalue weighted by molar-refractivity contribution is 0.0964. The molecule has 1 fully saturated rings. The van der Waals surface area contributed by atoms with Gasteiger partial charge in [-0.1, -0.05) is 23.3 Å². The number of nitrogens with one attached hydrogen (secondary N) is 3. The van der Waals surface area contributed by atoms with E-state index < -0.39 is 11.2 Å². The highest BCUT2D eigenvalue weighted by Crippen LogP contribution is 2.35. The Hall–Kier alpha value is -3.94. The fourth-order valence-corrected chi connectivity index (χ4v) is 4.84. The van der Waals surface area contributed by atoms with Gasteiger partial charge in [-0.25, -0.2) is 4.85 Å². The molecule has 0 unspecified atom stereocenters. The summed E-state index contributed by atoms with van der Waals surface area (Å²) in [6.07, 6.45) is 1.48. The molecule has 0 bridgehead atoms. The van der Waals surface area contributed by atoms with Crippen molar-refractivity contribution in [2.45, 2.75) is 0 Å². The molecule has 0 spiro atoms. The number of anilines is 5. The highest BCUT2D eigenvalue weighted by Gasteiger charge is 2.20. The van der Waals surface area contributed by atoms with Crippen molar-refractivity contribution >= 4 is 51.3 Å². The molecule has 0 radical (unpaired) electrons. The van der Waals surface area contributed by atoms with E-state index in [9.17, 15) is 9.35 Å². The lowest BCUT2D eigenvalue weighted by Crippen LogP contribution is -2.40. The van der Waals surface area contributed by atoms with E-state index in [0.717, 1.165) is 24.5 Å². The van der Waals surface area contributed by atoms with E-state index in [4.69, 9.17) is 11.3 Å². The van der Waals surface area contributed by atoms with Gasteiger partial charge in [-0.05, 0) is 30.3 Å². The second-order valence-corrected chi connectivity index (χ2v) is 9.49. The summed E-state index contributed by atoms with van der Waals surface area (Å²) < 4.78 is 17.3. The van der Waals surface area contributed by atoms with Gasteiger partial charge >= 0.3 is 0 Å². The number of benzene rings is 2. The molecule has 1 aromatic heterocycles. The quantitative estimate of drug-likeness (QED) is 0.339. The molecule has 3 aromatic rings. The largest absolute Gasteiger partial charge is 0.616 e. The van der Waals surface area contributed by atoms with Crippen molar-refractivity contribution in [1.29, 1.82) is 0 Å². The molecule has 1 amide bonds. The Labute approximate surface area is 207 Å². The van der Waals surface area contributed by atoms with Gasteiger partial charge in [0.1, 0.15) is 23.1 Å². The number of hydrogen-bond acceptors (Lipinski definition) is 7. The van der Waals surface area contributed by atoms with Gasteiger partial charge in [-0.3, -0.25) is 9.78 Å². The Morgan fingerprint density at radius 2 is 1.89 bits per heavy atom. The molecule has 2 aromatic carbocycles. The number of aromatic nitrogens is 1. The minimum atomic E-state index is -0.740. The third-order valence-electron chi connectivity index (χ3n) is 5.66. The number of carbonyl (C=O) groups excluding carboxylic acids is 1. The smallest absolute Gasteiger partial charge is 0.253 e. The number of carbonyl (C=O) groups is 1. The van der Waals surface area contributed by atoms with E-state index in [2.05, 4.69) is 30.7 Å². The molecule has 10 heteroatoms. The number of pyridine rings is 1. The molecule has 9 nitrogen and oxygen atoms in total.